The van der Waals surface area contributed by atoms with Crippen LogP contribution in [0.25, 0.3) is 0 Å². The number of hydrogen-bond acceptors (Lipinski definition) is 3. The first-order valence-corrected chi connectivity index (χ1v) is 7.32. The maximum atomic E-state index is 5.73. The summed E-state index contributed by atoms with van der Waals surface area (Å²) < 4.78 is 5.73. The number of aromatic nitrogens is 1. The van der Waals surface area contributed by atoms with Crippen molar-refractivity contribution in [2.75, 3.05) is 6.61 Å². The second kappa shape index (κ2) is 7.44. The number of rotatable bonds is 7. The van der Waals surface area contributed by atoms with E-state index in [1.807, 2.05) is 13.0 Å². The highest BCUT2D eigenvalue weighted by Crippen LogP contribution is 2.15. The quantitative estimate of drug-likeness (QED) is 0.767. The smallest absolute Gasteiger partial charge is 0.213 e. The first kappa shape index (κ1) is 16.7. The third kappa shape index (κ3) is 6.71. The third-order valence-electron chi connectivity index (χ3n) is 2.88. The molecule has 3 nitrogen and oxygen atoms in total. The van der Waals surface area contributed by atoms with E-state index in [9.17, 15) is 0 Å². The van der Waals surface area contributed by atoms with Crippen LogP contribution in [0.4, 0.5) is 0 Å². The van der Waals surface area contributed by atoms with Crippen molar-refractivity contribution in [1.29, 1.82) is 0 Å². The molecule has 1 heterocycles. The molecular formula is C17H28N2O. The van der Waals surface area contributed by atoms with Gasteiger partial charge in [-0.15, -0.1) is 6.58 Å². The van der Waals surface area contributed by atoms with Crippen LogP contribution in [-0.2, 0) is 13.0 Å². The van der Waals surface area contributed by atoms with E-state index < -0.39 is 0 Å². The summed E-state index contributed by atoms with van der Waals surface area (Å²) in [6.07, 6.45) is 1.79. The summed E-state index contributed by atoms with van der Waals surface area (Å²) in [7, 11) is 0. The molecule has 0 aromatic carbocycles. The molecule has 0 atom stereocenters. The van der Waals surface area contributed by atoms with Gasteiger partial charge in [0.25, 0.3) is 0 Å². The molecule has 0 bridgehead atoms. The number of nitrogens with zero attached hydrogens (tertiary/aromatic N) is 1. The van der Waals surface area contributed by atoms with Gasteiger partial charge in [-0.3, -0.25) is 0 Å². The molecule has 0 amide bonds. The molecule has 0 saturated carbocycles. The monoisotopic (exact) mass is 276 g/mol. The fourth-order valence-corrected chi connectivity index (χ4v) is 1.67. The Morgan fingerprint density at radius 1 is 1.35 bits per heavy atom. The number of nitrogens with one attached hydrogen (secondary N) is 1. The van der Waals surface area contributed by atoms with E-state index in [0.717, 1.165) is 36.5 Å². The first-order chi connectivity index (χ1) is 9.30. The summed E-state index contributed by atoms with van der Waals surface area (Å²) >= 11 is 0. The van der Waals surface area contributed by atoms with Gasteiger partial charge in [0, 0.05) is 30.3 Å². The number of aryl methyl sites for hydroxylation is 1. The summed E-state index contributed by atoms with van der Waals surface area (Å²) in [5, 5.41) is 3.49. The second-order valence-corrected chi connectivity index (χ2v) is 6.32. The molecule has 20 heavy (non-hydrogen) atoms. The number of ether oxygens (including phenoxy) is 1. The normalized spacial score (nSPS) is 11.4. The Morgan fingerprint density at radius 2 is 2.05 bits per heavy atom. The van der Waals surface area contributed by atoms with Gasteiger partial charge in [-0.1, -0.05) is 12.5 Å². The average molecular weight is 276 g/mol. The average Bonchev–Trinajstić information content (AvgIpc) is 2.35. The predicted octanol–water partition coefficient (Wildman–Crippen LogP) is 3.88. The van der Waals surface area contributed by atoms with Gasteiger partial charge in [0.1, 0.15) is 0 Å². The zero-order valence-electron chi connectivity index (χ0n) is 13.5. The lowest BCUT2D eigenvalue weighted by molar-refractivity contribution is 0.307. The topological polar surface area (TPSA) is 34.1 Å². The van der Waals surface area contributed by atoms with E-state index >= 15 is 0 Å². The molecule has 0 aliphatic rings. The molecule has 0 radical (unpaired) electrons. The van der Waals surface area contributed by atoms with E-state index in [2.05, 4.69) is 50.6 Å². The SMILES string of the molecule is C=C(C)CCOc1cc(CNC(C)(C)C)cc(CC)n1. The van der Waals surface area contributed by atoms with Crippen LogP contribution in [0.3, 0.4) is 0 Å². The third-order valence-corrected chi connectivity index (χ3v) is 2.88. The lowest BCUT2D eigenvalue weighted by atomic mass is 10.1. The molecule has 3 heteroatoms. The summed E-state index contributed by atoms with van der Waals surface area (Å²) in [4.78, 5) is 4.51. The van der Waals surface area contributed by atoms with Gasteiger partial charge in [0.05, 0.1) is 6.61 Å². The fraction of sp³-hybridized carbons (Fsp3) is 0.588. The Hall–Kier alpha value is -1.35. The van der Waals surface area contributed by atoms with Crippen LogP contribution in [0.5, 0.6) is 5.88 Å². The van der Waals surface area contributed by atoms with E-state index in [-0.39, 0.29) is 5.54 Å². The highest BCUT2D eigenvalue weighted by Gasteiger charge is 2.10. The number of pyridine rings is 1. The minimum Gasteiger partial charge on any atom is -0.477 e. The van der Waals surface area contributed by atoms with Gasteiger partial charge >= 0.3 is 0 Å². The van der Waals surface area contributed by atoms with Crippen LogP contribution < -0.4 is 10.1 Å². The summed E-state index contributed by atoms with van der Waals surface area (Å²) in [6.45, 7) is 16.0. The molecule has 112 valence electrons. The Morgan fingerprint density at radius 3 is 2.60 bits per heavy atom. The van der Waals surface area contributed by atoms with Crippen LogP contribution in [0, 0.1) is 0 Å². The number of hydrogen-bond donors (Lipinski definition) is 1. The lowest BCUT2D eigenvalue weighted by Crippen LogP contribution is -2.35. The fourth-order valence-electron chi connectivity index (χ4n) is 1.67. The van der Waals surface area contributed by atoms with Crippen molar-refractivity contribution >= 4 is 0 Å². The molecule has 0 fully saturated rings. The molecule has 1 aromatic rings. The van der Waals surface area contributed by atoms with E-state index in [1.165, 1.54) is 5.56 Å². The van der Waals surface area contributed by atoms with Gasteiger partial charge in [0.15, 0.2) is 0 Å². The maximum Gasteiger partial charge on any atom is 0.213 e. The van der Waals surface area contributed by atoms with Crippen LogP contribution in [0.15, 0.2) is 24.3 Å². The van der Waals surface area contributed by atoms with Crippen molar-refractivity contribution in [3.05, 3.63) is 35.5 Å². The Kier molecular flexibility index (Phi) is 6.21. The van der Waals surface area contributed by atoms with Gasteiger partial charge in [-0.2, -0.15) is 0 Å². The maximum absolute atomic E-state index is 5.73. The van der Waals surface area contributed by atoms with Crippen molar-refractivity contribution in [3.8, 4) is 5.88 Å². The zero-order valence-corrected chi connectivity index (χ0v) is 13.5. The highest BCUT2D eigenvalue weighted by atomic mass is 16.5. The molecule has 0 saturated heterocycles. The minimum atomic E-state index is 0.108. The van der Waals surface area contributed by atoms with Crippen molar-refractivity contribution in [2.45, 2.75) is 59.5 Å². The molecule has 1 N–H and O–H groups in total. The molecular weight excluding hydrogens is 248 g/mol. The molecule has 0 unspecified atom stereocenters. The van der Waals surface area contributed by atoms with Gasteiger partial charge in [-0.25, -0.2) is 4.98 Å². The van der Waals surface area contributed by atoms with Crippen molar-refractivity contribution in [3.63, 3.8) is 0 Å². The van der Waals surface area contributed by atoms with Crippen LogP contribution in [-0.4, -0.2) is 17.1 Å². The van der Waals surface area contributed by atoms with Gasteiger partial charge in [-0.05, 0) is 45.7 Å². The molecule has 0 spiro atoms. The van der Waals surface area contributed by atoms with E-state index in [1.54, 1.807) is 0 Å². The molecule has 1 rings (SSSR count). The van der Waals surface area contributed by atoms with Crippen molar-refractivity contribution < 1.29 is 4.74 Å². The van der Waals surface area contributed by atoms with Crippen LogP contribution in [0.2, 0.25) is 0 Å². The highest BCUT2D eigenvalue weighted by molar-refractivity contribution is 5.25. The summed E-state index contributed by atoms with van der Waals surface area (Å²) in [6, 6.07) is 4.17. The summed E-state index contributed by atoms with van der Waals surface area (Å²) in [5.74, 6) is 0.719. The zero-order chi connectivity index (χ0) is 15.2. The predicted molar refractivity (Wildman–Crippen MR) is 85.1 cm³/mol. The van der Waals surface area contributed by atoms with Crippen LogP contribution >= 0.6 is 0 Å². The van der Waals surface area contributed by atoms with Gasteiger partial charge < -0.3 is 10.1 Å². The van der Waals surface area contributed by atoms with Crippen LogP contribution in [0.1, 0.15) is 52.3 Å². The Bertz CT molecular complexity index is 447. The van der Waals surface area contributed by atoms with E-state index in [4.69, 9.17) is 4.74 Å². The molecule has 0 aliphatic heterocycles. The molecule has 0 aliphatic carbocycles. The Balaban J connectivity index is 2.72. The summed E-state index contributed by atoms with van der Waals surface area (Å²) in [5.41, 5.74) is 3.53. The Labute approximate surface area is 123 Å². The van der Waals surface area contributed by atoms with Gasteiger partial charge in [0.2, 0.25) is 5.88 Å². The lowest BCUT2D eigenvalue weighted by Gasteiger charge is -2.21. The van der Waals surface area contributed by atoms with E-state index in [0.29, 0.717) is 6.61 Å². The standard InChI is InChI=1S/C17H28N2O/c1-7-15-10-14(12-18-17(4,5)6)11-16(19-15)20-9-8-13(2)3/h10-11,18H,2,7-9,12H2,1,3-6H3. The van der Waals surface area contributed by atoms with Crippen molar-refractivity contribution in [1.82, 2.24) is 10.3 Å². The first-order valence-electron chi connectivity index (χ1n) is 7.32. The largest absolute Gasteiger partial charge is 0.477 e. The molecule has 1 aromatic heterocycles. The van der Waals surface area contributed by atoms with Crippen molar-refractivity contribution in [2.24, 2.45) is 0 Å². The second-order valence-electron chi connectivity index (χ2n) is 6.32. The minimum absolute atomic E-state index is 0.108.